The van der Waals surface area contributed by atoms with E-state index in [0.717, 1.165) is 4.70 Å². The van der Waals surface area contributed by atoms with Crippen LogP contribution in [-0.2, 0) is 10.2 Å². The topological polar surface area (TPSA) is 90.1 Å². The number of amides is 1. The number of aromatic nitrogens is 3. The van der Waals surface area contributed by atoms with E-state index in [1.54, 1.807) is 12.1 Å². The SMILES string of the molecule is O=C(NC12CC(c3nnc(C4CC(OC(F)(F)F)C4)o3)(C1)C2)c1nc2cc(Cl)ccc2s1. The Hall–Kier alpha value is -2.24. The summed E-state index contributed by atoms with van der Waals surface area (Å²) in [5.74, 6) is 0.431. The molecule has 2 heterocycles. The van der Waals surface area contributed by atoms with Gasteiger partial charge in [0.05, 0.1) is 21.7 Å². The molecule has 2 aromatic heterocycles. The normalized spacial score (nSPS) is 31.0. The lowest BCUT2D eigenvalue weighted by Crippen LogP contribution is -2.76. The number of ether oxygens (including phenoxy) is 1. The Morgan fingerprint density at radius 1 is 1.25 bits per heavy atom. The molecule has 1 amide bonds. The number of fused-ring (bicyclic) bond motifs is 1. The first kappa shape index (κ1) is 20.4. The molecule has 2 bridgehead atoms. The van der Waals surface area contributed by atoms with E-state index >= 15 is 0 Å². The van der Waals surface area contributed by atoms with Crippen LogP contribution in [0.4, 0.5) is 13.2 Å². The van der Waals surface area contributed by atoms with Crippen LogP contribution < -0.4 is 5.32 Å². The molecule has 0 radical (unpaired) electrons. The van der Waals surface area contributed by atoms with Crippen molar-refractivity contribution in [3.63, 3.8) is 0 Å². The molecule has 0 atom stereocenters. The van der Waals surface area contributed by atoms with E-state index in [1.165, 1.54) is 11.3 Å². The first-order chi connectivity index (χ1) is 15.1. The summed E-state index contributed by atoms with van der Waals surface area (Å²) in [5.41, 5.74) is 0.133. The second-order valence-corrected chi connectivity index (χ2v) is 10.4. The minimum absolute atomic E-state index is 0.210. The van der Waals surface area contributed by atoms with E-state index in [9.17, 15) is 18.0 Å². The number of thiazole rings is 1. The zero-order valence-corrected chi connectivity index (χ0v) is 18.0. The van der Waals surface area contributed by atoms with Crippen LogP contribution in [0, 0.1) is 0 Å². The Labute approximate surface area is 188 Å². The monoisotopic (exact) mass is 484 g/mol. The van der Waals surface area contributed by atoms with Crippen molar-refractivity contribution >= 4 is 39.1 Å². The number of carbonyl (C=O) groups is 1. The molecule has 32 heavy (non-hydrogen) atoms. The Bertz CT molecular complexity index is 1220. The van der Waals surface area contributed by atoms with Crippen LogP contribution in [0.2, 0.25) is 5.02 Å². The quantitative estimate of drug-likeness (QED) is 0.563. The molecule has 168 valence electrons. The van der Waals surface area contributed by atoms with Crippen molar-refractivity contribution < 1.29 is 27.1 Å². The van der Waals surface area contributed by atoms with E-state index in [0.29, 0.717) is 46.6 Å². The fourth-order valence-corrected chi connectivity index (χ4v) is 6.11. The third kappa shape index (κ3) is 3.29. The highest BCUT2D eigenvalue weighted by atomic mass is 35.5. The fourth-order valence-electron chi connectivity index (χ4n) is 5.11. The molecule has 1 N–H and O–H groups in total. The highest BCUT2D eigenvalue weighted by Gasteiger charge is 2.72. The molecule has 0 saturated heterocycles. The van der Waals surface area contributed by atoms with Gasteiger partial charge in [0.15, 0.2) is 5.01 Å². The molecule has 0 spiro atoms. The number of alkyl halides is 3. The van der Waals surface area contributed by atoms with Gasteiger partial charge < -0.3 is 9.73 Å². The Balaban J connectivity index is 1.06. The summed E-state index contributed by atoms with van der Waals surface area (Å²) < 4.78 is 47.5. The maximum Gasteiger partial charge on any atom is 0.522 e. The largest absolute Gasteiger partial charge is 0.522 e. The summed E-state index contributed by atoms with van der Waals surface area (Å²) in [4.78, 5) is 17.1. The van der Waals surface area contributed by atoms with Gasteiger partial charge >= 0.3 is 6.36 Å². The smallest absolute Gasteiger partial charge is 0.424 e. The second-order valence-electron chi connectivity index (χ2n) is 8.98. The maximum absolute atomic E-state index is 12.7. The van der Waals surface area contributed by atoms with Crippen LogP contribution >= 0.6 is 22.9 Å². The summed E-state index contributed by atoms with van der Waals surface area (Å²) in [5, 5.41) is 12.2. The highest BCUT2D eigenvalue weighted by Crippen LogP contribution is 2.67. The first-order valence-corrected chi connectivity index (χ1v) is 11.3. The number of carbonyl (C=O) groups excluding carboxylic acids is 1. The minimum atomic E-state index is -4.63. The van der Waals surface area contributed by atoms with E-state index in [2.05, 4.69) is 25.2 Å². The Morgan fingerprint density at radius 2 is 2.00 bits per heavy atom. The standard InChI is InChI=1S/C20H16ClF3N4O3S/c21-10-1-2-13-12(5-10)25-16(32-13)14(29)26-19-6-18(7-19,8-19)17-28-27-15(30-17)9-3-11(4-9)31-20(22,23)24/h1-2,5,9,11H,3-4,6-8H2,(H,26,29). The van der Waals surface area contributed by atoms with Crippen LogP contribution in [0.15, 0.2) is 22.6 Å². The zero-order chi connectivity index (χ0) is 22.3. The number of hydrogen-bond donors (Lipinski definition) is 1. The van der Waals surface area contributed by atoms with Gasteiger partial charge in [0, 0.05) is 16.5 Å². The van der Waals surface area contributed by atoms with Gasteiger partial charge in [0.25, 0.3) is 5.91 Å². The van der Waals surface area contributed by atoms with E-state index in [4.69, 9.17) is 16.0 Å². The molecule has 0 aliphatic heterocycles. The molecule has 4 fully saturated rings. The second kappa shape index (κ2) is 6.64. The van der Waals surface area contributed by atoms with Gasteiger partial charge in [-0.25, -0.2) is 4.98 Å². The van der Waals surface area contributed by atoms with Crippen LogP contribution in [0.1, 0.15) is 59.6 Å². The Kier molecular flexibility index (Phi) is 4.23. The number of nitrogens with one attached hydrogen (secondary N) is 1. The van der Waals surface area contributed by atoms with Gasteiger partial charge in [-0.1, -0.05) is 11.6 Å². The van der Waals surface area contributed by atoms with Gasteiger partial charge in [-0.15, -0.1) is 34.7 Å². The summed E-state index contributed by atoms with van der Waals surface area (Å²) in [6.07, 6.45) is -3.00. The fraction of sp³-hybridized carbons (Fsp3) is 0.500. The van der Waals surface area contributed by atoms with Crippen molar-refractivity contribution in [3.05, 3.63) is 40.0 Å². The van der Waals surface area contributed by atoms with Gasteiger partial charge in [-0.05, 0) is 50.3 Å². The Morgan fingerprint density at radius 3 is 2.72 bits per heavy atom. The minimum Gasteiger partial charge on any atom is -0.424 e. The van der Waals surface area contributed by atoms with E-state index < -0.39 is 12.5 Å². The highest BCUT2D eigenvalue weighted by molar-refractivity contribution is 7.20. The van der Waals surface area contributed by atoms with E-state index in [1.807, 2.05) is 6.07 Å². The van der Waals surface area contributed by atoms with Crippen LogP contribution in [0.5, 0.6) is 0 Å². The van der Waals surface area contributed by atoms with E-state index in [-0.39, 0.29) is 35.6 Å². The number of nitrogens with zero attached hydrogens (tertiary/aromatic N) is 3. The van der Waals surface area contributed by atoms with Gasteiger partial charge in [-0.2, -0.15) is 0 Å². The number of hydrogen-bond acceptors (Lipinski definition) is 7. The van der Waals surface area contributed by atoms with Gasteiger partial charge in [0.1, 0.15) is 0 Å². The van der Waals surface area contributed by atoms with Crippen LogP contribution in [0.25, 0.3) is 10.2 Å². The predicted octanol–water partition coefficient (Wildman–Crippen LogP) is 4.72. The number of rotatable bonds is 5. The molecule has 1 aromatic carbocycles. The van der Waals surface area contributed by atoms with Crippen LogP contribution in [0.3, 0.4) is 0 Å². The molecule has 0 unspecified atom stereocenters. The maximum atomic E-state index is 12.7. The van der Waals surface area contributed by atoms with Gasteiger partial charge in [-0.3, -0.25) is 9.53 Å². The first-order valence-electron chi connectivity index (χ1n) is 10.1. The lowest BCUT2D eigenvalue weighted by Gasteiger charge is -2.68. The third-order valence-electron chi connectivity index (χ3n) is 6.59. The number of halogens is 4. The molecular weight excluding hydrogens is 469 g/mol. The summed E-state index contributed by atoms with van der Waals surface area (Å²) in [6.45, 7) is 0. The summed E-state index contributed by atoms with van der Waals surface area (Å²) in [7, 11) is 0. The molecule has 7 nitrogen and oxygen atoms in total. The lowest BCUT2D eigenvalue weighted by atomic mass is 9.39. The van der Waals surface area contributed by atoms with Crippen LogP contribution in [-0.4, -0.2) is 39.1 Å². The summed E-state index contributed by atoms with van der Waals surface area (Å²) in [6, 6.07) is 5.34. The number of benzene rings is 1. The van der Waals surface area contributed by atoms with Crippen molar-refractivity contribution in [1.29, 1.82) is 0 Å². The van der Waals surface area contributed by atoms with Crippen molar-refractivity contribution in [2.45, 2.75) is 61.4 Å². The van der Waals surface area contributed by atoms with Crippen molar-refractivity contribution in [1.82, 2.24) is 20.5 Å². The zero-order valence-electron chi connectivity index (χ0n) is 16.4. The molecular formula is C20H16ClF3N4O3S. The van der Waals surface area contributed by atoms with Crippen molar-refractivity contribution in [2.24, 2.45) is 0 Å². The molecule has 4 aliphatic carbocycles. The molecule has 4 aliphatic rings. The van der Waals surface area contributed by atoms with Crippen molar-refractivity contribution in [3.8, 4) is 0 Å². The molecule has 3 aromatic rings. The van der Waals surface area contributed by atoms with Gasteiger partial charge in [0.2, 0.25) is 11.8 Å². The summed E-state index contributed by atoms with van der Waals surface area (Å²) >= 11 is 7.30. The average Bonchev–Trinajstić information content (AvgIpc) is 3.25. The van der Waals surface area contributed by atoms with Crippen molar-refractivity contribution in [2.75, 3.05) is 0 Å². The third-order valence-corrected chi connectivity index (χ3v) is 7.86. The lowest BCUT2D eigenvalue weighted by molar-refractivity contribution is -0.352. The molecule has 7 rings (SSSR count). The average molecular weight is 485 g/mol. The molecule has 4 saturated carbocycles. The molecule has 12 heteroatoms. The predicted molar refractivity (Wildman–Crippen MR) is 108 cm³/mol.